The van der Waals surface area contributed by atoms with Crippen molar-refractivity contribution in [3.05, 3.63) is 82.1 Å². The Morgan fingerprint density at radius 1 is 1.14 bits per heavy atom. The fraction of sp³-hybridized carbons (Fsp3) is 0.0952. The molecule has 0 fully saturated rings. The van der Waals surface area contributed by atoms with Crippen LogP contribution in [0.5, 0.6) is 0 Å². The number of aryl methyl sites for hydroxylation is 1. The molecule has 28 heavy (non-hydrogen) atoms. The van der Waals surface area contributed by atoms with Gasteiger partial charge in [-0.3, -0.25) is 4.79 Å². The third-order valence-corrected chi connectivity index (χ3v) is 4.25. The molecule has 6 nitrogen and oxygen atoms in total. The van der Waals surface area contributed by atoms with Crippen molar-refractivity contribution >= 4 is 29.7 Å². The molecule has 3 aromatic rings. The lowest BCUT2D eigenvalue weighted by Gasteiger charge is -2.04. The van der Waals surface area contributed by atoms with Crippen LogP contribution < -0.4 is 5.43 Å². The molecule has 0 aliphatic rings. The largest absolute Gasteiger partial charge is 0.465 e. The lowest BCUT2D eigenvalue weighted by Crippen LogP contribution is -2.17. The van der Waals surface area contributed by atoms with Crippen molar-refractivity contribution < 1.29 is 18.7 Å². The number of furan rings is 1. The van der Waals surface area contributed by atoms with Crippen LogP contribution >= 0.6 is 11.6 Å². The summed E-state index contributed by atoms with van der Waals surface area (Å²) >= 11 is 6.03. The van der Waals surface area contributed by atoms with Crippen LogP contribution in [-0.4, -0.2) is 25.2 Å². The highest BCUT2D eigenvalue weighted by Gasteiger charge is 2.13. The molecule has 0 saturated carbocycles. The standard InChI is InChI=1S/C21H17ClN2O4/c1-13-4-3-5-15(10-13)20(25)24-23-12-16-7-9-19(28-16)14-6-8-18(22)17(11-14)21(26)27-2/h3-12H,1-2H3,(H,24,25)/b23-12+. The zero-order chi connectivity index (χ0) is 20.1. The summed E-state index contributed by atoms with van der Waals surface area (Å²) in [7, 11) is 1.29. The maximum absolute atomic E-state index is 12.1. The molecule has 142 valence electrons. The van der Waals surface area contributed by atoms with Crippen molar-refractivity contribution in [2.75, 3.05) is 7.11 Å². The number of halogens is 1. The molecule has 1 N–H and O–H groups in total. The van der Waals surface area contributed by atoms with E-state index in [1.54, 1.807) is 42.5 Å². The van der Waals surface area contributed by atoms with Crippen LogP contribution in [0.25, 0.3) is 11.3 Å². The van der Waals surface area contributed by atoms with Crippen molar-refractivity contribution in [2.24, 2.45) is 5.10 Å². The second-order valence-electron chi connectivity index (χ2n) is 5.96. The Hall–Kier alpha value is -3.38. The van der Waals surface area contributed by atoms with E-state index in [1.807, 2.05) is 19.1 Å². The summed E-state index contributed by atoms with van der Waals surface area (Å²) in [6, 6.07) is 15.5. The number of rotatable bonds is 5. The van der Waals surface area contributed by atoms with Crippen molar-refractivity contribution in [1.82, 2.24) is 5.43 Å². The second kappa shape index (κ2) is 8.54. The molecule has 0 spiro atoms. The van der Waals surface area contributed by atoms with E-state index in [0.717, 1.165) is 5.56 Å². The van der Waals surface area contributed by atoms with Crippen LogP contribution in [0.3, 0.4) is 0 Å². The molecule has 0 saturated heterocycles. The number of carbonyl (C=O) groups is 2. The van der Waals surface area contributed by atoms with Crippen molar-refractivity contribution in [3.63, 3.8) is 0 Å². The normalized spacial score (nSPS) is 10.8. The number of esters is 1. The topological polar surface area (TPSA) is 80.9 Å². The maximum Gasteiger partial charge on any atom is 0.339 e. The average Bonchev–Trinajstić information content (AvgIpc) is 3.16. The van der Waals surface area contributed by atoms with Crippen LogP contribution in [0.1, 0.15) is 32.0 Å². The second-order valence-corrected chi connectivity index (χ2v) is 6.36. The fourth-order valence-corrected chi connectivity index (χ4v) is 2.72. The van der Waals surface area contributed by atoms with Crippen LogP contribution in [0.15, 0.2) is 64.1 Å². The van der Waals surface area contributed by atoms with Crippen molar-refractivity contribution in [3.8, 4) is 11.3 Å². The molecule has 7 heteroatoms. The van der Waals surface area contributed by atoms with Gasteiger partial charge in [-0.05, 0) is 49.4 Å². The van der Waals surface area contributed by atoms with Gasteiger partial charge in [-0.15, -0.1) is 0 Å². The molecule has 0 aliphatic heterocycles. The number of hydrogen-bond donors (Lipinski definition) is 1. The summed E-state index contributed by atoms with van der Waals surface area (Å²) in [6.07, 6.45) is 1.40. The van der Waals surface area contributed by atoms with Gasteiger partial charge in [0.05, 0.1) is 23.9 Å². The fourth-order valence-electron chi connectivity index (χ4n) is 2.53. The van der Waals surface area contributed by atoms with Crippen LogP contribution in [0.4, 0.5) is 0 Å². The SMILES string of the molecule is COC(=O)c1cc(-c2ccc(/C=N/NC(=O)c3cccc(C)c3)o2)ccc1Cl. The Labute approximate surface area is 166 Å². The Balaban J connectivity index is 1.71. The minimum atomic E-state index is -0.529. The molecule has 1 aromatic heterocycles. The van der Waals surface area contributed by atoms with E-state index < -0.39 is 5.97 Å². The number of methoxy groups -OCH3 is 1. The van der Waals surface area contributed by atoms with E-state index in [9.17, 15) is 9.59 Å². The lowest BCUT2D eigenvalue weighted by molar-refractivity contribution is 0.0601. The first-order valence-electron chi connectivity index (χ1n) is 8.36. The first kappa shape index (κ1) is 19.4. The number of carbonyl (C=O) groups excluding carboxylic acids is 2. The van der Waals surface area contributed by atoms with Gasteiger partial charge >= 0.3 is 5.97 Å². The number of benzene rings is 2. The molecule has 2 aromatic carbocycles. The minimum absolute atomic E-state index is 0.249. The zero-order valence-electron chi connectivity index (χ0n) is 15.2. The molecular formula is C21H17ClN2O4. The first-order chi connectivity index (χ1) is 13.5. The van der Waals surface area contributed by atoms with Crippen LogP contribution in [0, 0.1) is 6.92 Å². The minimum Gasteiger partial charge on any atom is -0.465 e. The van der Waals surface area contributed by atoms with Gasteiger partial charge in [0.1, 0.15) is 11.5 Å². The van der Waals surface area contributed by atoms with E-state index in [1.165, 1.54) is 13.3 Å². The summed E-state index contributed by atoms with van der Waals surface area (Å²) in [5.74, 6) is 0.119. The van der Waals surface area contributed by atoms with E-state index >= 15 is 0 Å². The number of ether oxygens (including phenoxy) is 1. The highest BCUT2D eigenvalue weighted by atomic mass is 35.5. The number of nitrogens with zero attached hydrogens (tertiary/aromatic N) is 1. The van der Waals surface area contributed by atoms with Crippen LogP contribution in [-0.2, 0) is 4.74 Å². The first-order valence-corrected chi connectivity index (χ1v) is 8.74. The van der Waals surface area contributed by atoms with E-state index in [-0.39, 0.29) is 11.5 Å². The Morgan fingerprint density at radius 2 is 1.96 bits per heavy atom. The number of nitrogens with one attached hydrogen (secondary N) is 1. The van der Waals surface area contributed by atoms with Gasteiger partial charge in [-0.1, -0.05) is 29.3 Å². The van der Waals surface area contributed by atoms with Gasteiger partial charge in [-0.25, -0.2) is 10.2 Å². The van der Waals surface area contributed by atoms with Gasteiger partial charge in [-0.2, -0.15) is 5.10 Å². The van der Waals surface area contributed by atoms with Gasteiger partial charge < -0.3 is 9.15 Å². The average molecular weight is 397 g/mol. The highest BCUT2D eigenvalue weighted by Crippen LogP contribution is 2.27. The van der Waals surface area contributed by atoms with Gasteiger partial charge in [0, 0.05) is 11.1 Å². The lowest BCUT2D eigenvalue weighted by atomic mass is 10.1. The summed E-state index contributed by atoms with van der Waals surface area (Å²) in [4.78, 5) is 23.8. The summed E-state index contributed by atoms with van der Waals surface area (Å²) in [6.45, 7) is 1.91. The smallest absolute Gasteiger partial charge is 0.339 e. The number of hydrogen-bond acceptors (Lipinski definition) is 5. The predicted octanol–water partition coefficient (Wildman–Crippen LogP) is 4.46. The third-order valence-electron chi connectivity index (χ3n) is 3.92. The van der Waals surface area contributed by atoms with E-state index in [0.29, 0.717) is 27.7 Å². The van der Waals surface area contributed by atoms with E-state index in [2.05, 4.69) is 10.5 Å². The number of amides is 1. The molecular weight excluding hydrogens is 380 g/mol. The Morgan fingerprint density at radius 3 is 2.71 bits per heavy atom. The molecule has 0 atom stereocenters. The molecule has 3 rings (SSSR count). The summed E-state index contributed by atoms with van der Waals surface area (Å²) < 4.78 is 10.4. The Kier molecular flexibility index (Phi) is 5.91. The van der Waals surface area contributed by atoms with Crippen molar-refractivity contribution in [1.29, 1.82) is 0 Å². The summed E-state index contributed by atoms with van der Waals surface area (Å²) in [5.41, 5.74) is 4.87. The molecule has 0 aliphatic carbocycles. The Bertz CT molecular complexity index is 1060. The van der Waals surface area contributed by atoms with E-state index in [4.69, 9.17) is 20.8 Å². The molecule has 1 heterocycles. The molecule has 1 amide bonds. The maximum atomic E-state index is 12.1. The monoisotopic (exact) mass is 396 g/mol. The highest BCUT2D eigenvalue weighted by molar-refractivity contribution is 6.33. The van der Waals surface area contributed by atoms with Crippen molar-refractivity contribution in [2.45, 2.75) is 6.92 Å². The van der Waals surface area contributed by atoms with Crippen LogP contribution in [0.2, 0.25) is 5.02 Å². The quantitative estimate of drug-likeness (QED) is 0.392. The number of hydrazone groups is 1. The van der Waals surface area contributed by atoms with Gasteiger partial charge in [0.15, 0.2) is 0 Å². The summed E-state index contributed by atoms with van der Waals surface area (Å²) in [5, 5.41) is 4.21. The van der Waals surface area contributed by atoms with Gasteiger partial charge in [0.2, 0.25) is 0 Å². The van der Waals surface area contributed by atoms with Gasteiger partial charge in [0.25, 0.3) is 5.91 Å². The third kappa shape index (κ3) is 4.47. The molecule has 0 bridgehead atoms. The zero-order valence-corrected chi connectivity index (χ0v) is 16.0. The predicted molar refractivity (Wildman–Crippen MR) is 107 cm³/mol. The molecule has 0 radical (unpaired) electrons. The molecule has 0 unspecified atom stereocenters.